The Morgan fingerprint density at radius 3 is 2.29 bits per heavy atom. The Labute approximate surface area is 199 Å². The molecule has 3 rings (SSSR count). The molecule has 0 fully saturated rings. The van der Waals surface area contributed by atoms with Gasteiger partial charge in [0.25, 0.3) is 17.2 Å². The van der Waals surface area contributed by atoms with Gasteiger partial charge in [-0.15, -0.1) is 0 Å². The van der Waals surface area contributed by atoms with Gasteiger partial charge in [0.15, 0.2) is 17.2 Å². The topological polar surface area (TPSA) is 152 Å². The van der Waals surface area contributed by atoms with E-state index in [-0.39, 0.29) is 35.1 Å². The number of carbonyl (C=O) groups excluding carboxylic acids is 2. The number of anilines is 1. The average Bonchev–Trinajstić information content (AvgIpc) is 2.83. The summed E-state index contributed by atoms with van der Waals surface area (Å²) < 4.78 is 16.2. The van der Waals surface area contributed by atoms with Crippen LogP contribution in [0, 0.1) is 17.0 Å². The minimum absolute atomic E-state index is 0.0126. The fourth-order valence-corrected chi connectivity index (χ4v) is 3.16. The van der Waals surface area contributed by atoms with Crippen molar-refractivity contribution in [1.82, 2.24) is 9.78 Å². The van der Waals surface area contributed by atoms with E-state index in [0.717, 1.165) is 28.4 Å². The third kappa shape index (κ3) is 5.27. The SMILES string of the molecule is CCOC(=O)c1nn(-c2ccc(C)cc2)c(=O)cc1NC(=O)c1cc(OC)c(OC)cc1[N+](=O)[O-]. The highest BCUT2D eigenvalue weighted by molar-refractivity contribution is 6.09. The lowest BCUT2D eigenvalue weighted by Gasteiger charge is -2.14. The molecule has 182 valence electrons. The van der Waals surface area contributed by atoms with Crippen molar-refractivity contribution in [2.45, 2.75) is 13.8 Å². The van der Waals surface area contributed by atoms with E-state index in [1.807, 2.05) is 6.92 Å². The molecule has 12 heteroatoms. The lowest BCUT2D eigenvalue weighted by atomic mass is 10.1. The summed E-state index contributed by atoms with van der Waals surface area (Å²) >= 11 is 0. The summed E-state index contributed by atoms with van der Waals surface area (Å²) in [4.78, 5) is 49.2. The number of amides is 1. The van der Waals surface area contributed by atoms with Gasteiger partial charge in [-0.25, -0.2) is 4.79 Å². The number of hydrogen-bond acceptors (Lipinski definition) is 9. The van der Waals surface area contributed by atoms with Crippen LogP contribution >= 0.6 is 0 Å². The minimum Gasteiger partial charge on any atom is -0.493 e. The van der Waals surface area contributed by atoms with Crippen molar-refractivity contribution in [2.24, 2.45) is 0 Å². The Balaban J connectivity index is 2.11. The van der Waals surface area contributed by atoms with Crippen LogP contribution in [0.15, 0.2) is 47.3 Å². The summed E-state index contributed by atoms with van der Waals surface area (Å²) in [7, 11) is 2.60. The number of hydrogen-bond donors (Lipinski definition) is 1. The van der Waals surface area contributed by atoms with Crippen LogP contribution in [-0.4, -0.2) is 47.4 Å². The number of nitro groups is 1. The first-order valence-corrected chi connectivity index (χ1v) is 10.3. The van der Waals surface area contributed by atoms with E-state index < -0.39 is 28.0 Å². The van der Waals surface area contributed by atoms with E-state index in [9.17, 15) is 24.5 Å². The zero-order valence-electron chi connectivity index (χ0n) is 19.4. The molecule has 0 saturated heterocycles. The summed E-state index contributed by atoms with van der Waals surface area (Å²) in [6, 6.07) is 9.96. The summed E-state index contributed by atoms with van der Waals surface area (Å²) in [5, 5.41) is 18.0. The van der Waals surface area contributed by atoms with Crippen molar-refractivity contribution >= 4 is 23.3 Å². The summed E-state index contributed by atoms with van der Waals surface area (Å²) in [6.45, 7) is 3.47. The Kier molecular flexibility index (Phi) is 7.44. The number of esters is 1. The first-order chi connectivity index (χ1) is 16.7. The maximum Gasteiger partial charge on any atom is 0.360 e. The quantitative estimate of drug-likeness (QED) is 0.290. The van der Waals surface area contributed by atoms with Crippen LogP contribution in [0.1, 0.15) is 33.3 Å². The van der Waals surface area contributed by atoms with Crippen LogP contribution in [0.3, 0.4) is 0 Å². The predicted octanol–water partition coefficient (Wildman–Crippen LogP) is 2.90. The molecule has 3 aromatic rings. The molecule has 1 amide bonds. The molecule has 2 aromatic carbocycles. The standard InChI is InChI=1S/C23H22N4O8/c1-5-35-23(30)21-16(11-20(28)26(25-21)14-8-6-13(2)7-9-14)24-22(29)15-10-18(33-3)19(34-4)12-17(15)27(31)32/h6-12H,5H2,1-4H3,(H,24,29). The fourth-order valence-electron chi connectivity index (χ4n) is 3.16. The maximum absolute atomic E-state index is 13.0. The lowest BCUT2D eigenvalue weighted by Crippen LogP contribution is -2.27. The second-order valence-electron chi connectivity index (χ2n) is 7.15. The maximum atomic E-state index is 13.0. The molecule has 0 aliphatic carbocycles. The Bertz CT molecular complexity index is 1350. The molecular formula is C23H22N4O8. The largest absolute Gasteiger partial charge is 0.493 e. The molecule has 35 heavy (non-hydrogen) atoms. The van der Waals surface area contributed by atoms with Gasteiger partial charge in [0.1, 0.15) is 5.56 Å². The van der Waals surface area contributed by atoms with Crippen molar-refractivity contribution in [1.29, 1.82) is 0 Å². The van der Waals surface area contributed by atoms with Crippen LogP contribution in [-0.2, 0) is 4.74 Å². The average molecular weight is 482 g/mol. The van der Waals surface area contributed by atoms with Crippen molar-refractivity contribution in [2.75, 3.05) is 26.1 Å². The highest BCUT2D eigenvalue weighted by Crippen LogP contribution is 2.35. The monoisotopic (exact) mass is 482 g/mol. The van der Waals surface area contributed by atoms with Gasteiger partial charge in [-0.3, -0.25) is 19.7 Å². The second kappa shape index (κ2) is 10.5. The number of benzene rings is 2. The normalized spacial score (nSPS) is 10.4. The first-order valence-electron chi connectivity index (χ1n) is 10.3. The van der Waals surface area contributed by atoms with Gasteiger partial charge in [-0.1, -0.05) is 17.7 Å². The van der Waals surface area contributed by atoms with Crippen molar-refractivity contribution in [3.8, 4) is 17.2 Å². The van der Waals surface area contributed by atoms with E-state index in [2.05, 4.69) is 10.4 Å². The number of rotatable bonds is 8. The van der Waals surface area contributed by atoms with Crippen LogP contribution in [0.5, 0.6) is 11.5 Å². The molecular weight excluding hydrogens is 460 g/mol. The molecule has 0 radical (unpaired) electrons. The van der Waals surface area contributed by atoms with E-state index in [4.69, 9.17) is 14.2 Å². The molecule has 0 spiro atoms. The van der Waals surface area contributed by atoms with Crippen LogP contribution in [0.25, 0.3) is 5.69 Å². The van der Waals surface area contributed by atoms with E-state index in [0.29, 0.717) is 5.69 Å². The lowest BCUT2D eigenvalue weighted by molar-refractivity contribution is -0.385. The van der Waals surface area contributed by atoms with Crippen molar-refractivity contribution < 1.29 is 28.7 Å². The highest BCUT2D eigenvalue weighted by Gasteiger charge is 2.27. The Hall–Kier alpha value is -4.74. The minimum atomic E-state index is -0.975. The number of nitrogens with zero attached hydrogens (tertiary/aromatic N) is 3. The number of aryl methyl sites for hydroxylation is 1. The molecule has 0 aliphatic rings. The second-order valence-corrected chi connectivity index (χ2v) is 7.15. The molecule has 1 aromatic heterocycles. The van der Waals surface area contributed by atoms with Gasteiger partial charge >= 0.3 is 5.97 Å². The fraction of sp³-hybridized carbons (Fsp3) is 0.217. The van der Waals surface area contributed by atoms with Crippen LogP contribution < -0.4 is 20.3 Å². The highest BCUT2D eigenvalue weighted by atomic mass is 16.6. The Morgan fingerprint density at radius 1 is 1.09 bits per heavy atom. The first kappa shape index (κ1) is 24.9. The van der Waals surface area contributed by atoms with Crippen molar-refractivity contribution in [3.63, 3.8) is 0 Å². The third-order valence-electron chi connectivity index (χ3n) is 4.87. The van der Waals surface area contributed by atoms with Crippen LogP contribution in [0.2, 0.25) is 0 Å². The number of carbonyl (C=O) groups is 2. The zero-order chi connectivity index (χ0) is 25.7. The summed E-state index contributed by atoms with van der Waals surface area (Å²) in [6.07, 6.45) is 0. The number of nitrogens with one attached hydrogen (secondary N) is 1. The molecule has 0 atom stereocenters. The zero-order valence-corrected chi connectivity index (χ0v) is 19.4. The molecule has 0 saturated carbocycles. The van der Waals surface area contributed by atoms with E-state index in [1.165, 1.54) is 14.2 Å². The molecule has 0 unspecified atom stereocenters. The third-order valence-corrected chi connectivity index (χ3v) is 4.87. The van der Waals surface area contributed by atoms with Gasteiger partial charge in [-0.2, -0.15) is 9.78 Å². The van der Waals surface area contributed by atoms with E-state index in [1.54, 1.807) is 31.2 Å². The summed E-state index contributed by atoms with van der Waals surface area (Å²) in [5.41, 5.74) is -0.898. The van der Waals surface area contributed by atoms with Gasteiger partial charge in [0, 0.05) is 12.1 Å². The van der Waals surface area contributed by atoms with Gasteiger partial charge in [-0.05, 0) is 26.0 Å². The molecule has 1 N–H and O–H groups in total. The van der Waals surface area contributed by atoms with Gasteiger partial charge in [0.2, 0.25) is 0 Å². The number of aromatic nitrogens is 2. The molecule has 12 nitrogen and oxygen atoms in total. The number of ether oxygens (including phenoxy) is 3. The summed E-state index contributed by atoms with van der Waals surface area (Å²) in [5.74, 6) is -1.75. The van der Waals surface area contributed by atoms with Gasteiger partial charge in [0.05, 0.1) is 43.2 Å². The molecule has 0 aliphatic heterocycles. The number of nitro benzene ring substituents is 1. The van der Waals surface area contributed by atoms with Crippen molar-refractivity contribution in [3.05, 3.63) is 79.8 Å². The molecule has 1 heterocycles. The smallest absolute Gasteiger partial charge is 0.360 e. The Morgan fingerprint density at radius 2 is 1.71 bits per heavy atom. The van der Waals surface area contributed by atoms with Gasteiger partial charge < -0.3 is 19.5 Å². The predicted molar refractivity (Wildman–Crippen MR) is 125 cm³/mol. The van der Waals surface area contributed by atoms with E-state index >= 15 is 0 Å². The number of methoxy groups -OCH3 is 2. The van der Waals surface area contributed by atoms with Crippen LogP contribution in [0.4, 0.5) is 11.4 Å². The molecule has 0 bridgehead atoms.